The highest BCUT2D eigenvalue weighted by atomic mass is 32.1. The molecule has 2 N–H and O–H groups in total. The molecule has 32 heavy (non-hydrogen) atoms. The molecule has 4 aromatic rings. The summed E-state index contributed by atoms with van der Waals surface area (Å²) < 4.78 is 21.9. The molecule has 0 aliphatic carbocycles. The lowest BCUT2D eigenvalue weighted by molar-refractivity contribution is -0.0260. The van der Waals surface area contributed by atoms with E-state index in [0.29, 0.717) is 25.1 Å². The van der Waals surface area contributed by atoms with Crippen molar-refractivity contribution < 1.29 is 19.0 Å². The van der Waals surface area contributed by atoms with Gasteiger partial charge in [0.2, 0.25) is 0 Å². The summed E-state index contributed by atoms with van der Waals surface area (Å²) in [5.74, 6) is -0.845. The number of nitrogens with zero attached hydrogens (tertiary/aromatic N) is 2. The molecule has 0 spiro atoms. The van der Waals surface area contributed by atoms with E-state index in [-0.39, 0.29) is 17.6 Å². The SMILES string of the molecule is O=C(NC1CCOCC1O)c1cn(Cc2ccc(-c3nccs3)cc2)c2cccc(F)c12. The number of thiazole rings is 1. The van der Waals surface area contributed by atoms with E-state index in [1.54, 1.807) is 29.8 Å². The monoisotopic (exact) mass is 451 g/mol. The Kier molecular flexibility index (Phi) is 5.73. The summed E-state index contributed by atoms with van der Waals surface area (Å²) in [5, 5.41) is 16.1. The van der Waals surface area contributed by atoms with E-state index in [2.05, 4.69) is 10.3 Å². The van der Waals surface area contributed by atoms with Crippen LogP contribution in [0.4, 0.5) is 4.39 Å². The van der Waals surface area contributed by atoms with E-state index in [4.69, 9.17) is 4.74 Å². The van der Waals surface area contributed by atoms with E-state index in [1.807, 2.05) is 40.3 Å². The van der Waals surface area contributed by atoms with Gasteiger partial charge >= 0.3 is 0 Å². The van der Waals surface area contributed by atoms with Crippen molar-refractivity contribution in [1.82, 2.24) is 14.9 Å². The average molecular weight is 452 g/mol. The lowest BCUT2D eigenvalue weighted by Gasteiger charge is -2.28. The first-order valence-electron chi connectivity index (χ1n) is 10.4. The maximum atomic E-state index is 14.8. The van der Waals surface area contributed by atoms with Crippen LogP contribution in [0.1, 0.15) is 22.3 Å². The highest BCUT2D eigenvalue weighted by molar-refractivity contribution is 7.13. The zero-order chi connectivity index (χ0) is 22.1. The van der Waals surface area contributed by atoms with Gasteiger partial charge in [0.25, 0.3) is 5.91 Å². The van der Waals surface area contributed by atoms with Crippen LogP contribution in [0.2, 0.25) is 0 Å². The Hall–Kier alpha value is -3.07. The maximum absolute atomic E-state index is 14.8. The fourth-order valence-corrected chi connectivity index (χ4v) is 4.71. The Bertz CT molecular complexity index is 1240. The number of ether oxygens (including phenoxy) is 1. The van der Waals surface area contributed by atoms with Crippen LogP contribution in [0.3, 0.4) is 0 Å². The van der Waals surface area contributed by atoms with Gasteiger partial charge in [0.15, 0.2) is 0 Å². The molecule has 0 radical (unpaired) electrons. The van der Waals surface area contributed by atoms with Crippen molar-refractivity contribution in [2.24, 2.45) is 0 Å². The lowest BCUT2D eigenvalue weighted by atomic mass is 10.1. The van der Waals surface area contributed by atoms with Crippen molar-refractivity contribution in [3.8, 4) is 10.6 Å². The van der Waals surface area contributed by atoms with Gasteiger partial charge in [-0.05, 0) is 24.1 Å². The van der Waals surface area contributed by atoms with Crippen LogP contribution in [0.25, 0.3) is 21.5 Å². The number of amides is 1. The van der Waals surface area contributed by atoms with Crippen LogP contribution >= 0.6 is 11.3 Å². The van der Waals surface area contributed by atoms with Crippen LogP contribution in [-0.2, 0) is 11.3 Å². The molecule has 2 aromatic heterocycles. The van der Waals surface area contributed by atoms with E-state index in [0.717, 1.165) is 16.1 Å². The van der Waals surface area contributed by atoms with E-state index >= 15 is 0 Å². The molecule has 6 nitrogen and oxygen atoms in total. The number of carbonyl (C=O) groups is 1. The van der Waals surface area contributed by atoms with Crippen molar-refractivity contribution in [3.05, 3.63) is 77.2 Å². The van der Waals surface area contributed by atoms with Gasteiger partial charge in [-0.2, -0.15) is 0 Å². The summed E-state index contributed by atoms with van der Waals surface area (Å²) in [6, 6.07) is 12.4. The number of carbonyl (C=O) groups excluding carboxylic acids is 1. The molecule has 2 atom stereocenters. The molecule has 2 unspecified atom stereocenters. The van der Waals surface area contributed by atoms with E-state index < -0.39 is 23.9 Å². The molecule has 1 amide bonds. The summed E-state index contributed by atoms with van der Waals surface area (Å²) >= 11 is 1.58. The van der Waals surface area contributed by atoms with Crippen LogP contribution in [0.15, 0.2) is 60.2 Å². The summed E-state index contributed by atoms with van der Waals surface area (Å²) in [6.45, 7) is 1.14. The second kappa shape index (κ2) is 8.82. The van der Waals surface area contributed by atoms with Gasteiger partial charge in [0.05, 0.1) is 29.8 Å². The van der Waals surface area contributed by atoms with Crippen molar-refractivity contribution in [2.75, 3.05) is 13.2 Å². The lowest BCUT2D eigenvalue weighted by Crippen LogP contribution is -2.48. The summed E-state index contributed by atoms with van der Waals surface area (Å²) in [5.41, 5.74) is 2.98. The average Bonchev–Trinajstić information content (AvgIpc) is 3.46. The molecule has 1 aliphatic heterocycles. The Balaban J connectivity index is 1.44. The predicted octanol–water partition coefficient (Wildman–Crippen LogP) is 3.83. The van der Waals surface area contributed by atoms with Crippen LogP contribution in [0, 0.1) is 5.82 Å². The zero-order valence-electron chi connectivity index (χ0n) is 17.2. The number of nitrogens with one attached hydrogen (secondary N) is 1. The summed E-state index contributed by atoms with van der Waals surface area (Å²) in [7, 11) is 0. The number of hydrogen-bond donors (Lipinski definition) is 2. The van der Waals surface area contributed by atoms with Gasteiger partial charge in [-0.15, -0.1) is 11.3 Å². The molecule has 0 bridgehead atoms. The highest BCUT2D eigenvalue weighted by Crippen LogP contribution is 2.27. The number of aliphatic hydroxyl groups excluding tert-OH is 1. The Labute approximate surface area is 188 Å². The van der Waals surface area contributed by atoms with Crippen LogP contribution < -0.4 is 5.32 Å². The smallest absolute Gasteiger partial charge is 0.253 e. The molecule has 1 fully saturated rings. The topological polar surface area (TPSA) is 76.4 Å². The predicted molar refractivity (Wildman–Crippen MR) is 121 cm³/mol. The number of halogens is 1. The van der Waals surface area contributed by atoms with Crippen molar-refractivity contribution in [3.63, 3.8) is 0 Å². The molecule has 1 aliphatic rings. The maximum Gasteiger partial charge on any atom is 0.253 e. The number of hydrogen-bond acceptors (Lipinski definition) is 5. The molecule has 5 rings (SSSR count). The highest BCUT2D eigenvalue weighted by Gasteiger charge is 2.27. The largest absolute Gasteiger partial charge is 0.389 e. The fourth-order valence-electron chi connectivity index (χ4n) is 4.06. The van der Waals surface area contributed by atoms with Gasteiger partial charge in [0, 0.05) is 41.9 Å². The number of benzene rings is 2. The second-order valence-electron chi connectivity index (χ2n) is 7.85. The van der Waals surface area contributed by atoms with Gasteiger partial charge < -0.3 is 19.7 Å². The molecular formula is C24H22FN3O3S. The number of aromatic nitrogens is 2. The van der Waals surface area contributed by atoms with Crippen LogP contribution in [0.5, 0.6) is 0 Å². The van der Waals surface area contributed by atoms with Crippen molar-refractivity contribution in [1.29, 1.82) is 0 Å². The first kappa shape index (κ1) is 20.8. The van der Waals surface area contributed by atoms with Crippen molar-refractivity contribution in [2.45, 2.75) is 25.1 Å². The number of fused-ring (bicyclic) bond motifs is 1. The third kappa shape index (κ3) is 4.04. The van der Waals surface area contributed by atoms with Gasteiger partial charge in [-0.1, -0.05) is 30.3 Å². The van der Waals surface area contributed by atoms with Crippen LogP contribution in [-0.4, -0.2) is 45.9 Å². The number of aliphatic hydroxyl groups is 1. The van der Waals surface area contributed by atoms with Gasteiger partial charge in [-0.25, -0.2) is 9.37 Å². The molecule has 2 aromatic carbocycles. The van der Waals surface area contributed by atoms with E-state index in [1.165, 1.54) is 6.07 Å². The van der Waals surface area contributed by atoms with Gasteiger partial charge in [0.1, 0.15) is 10.8 Å². The molecule has 8 heteroatoms. The van der Waals surface area contributed by atoms with E-state index in [9.17, 15) is 14.3 Å². The molecule has 164 valence electrons. The minimum absolute atomic E-state index is 0.179. The number of rotatable bonds is 5. The zero-order valence-corrected chi connectivity index (χ0v) is 18.0. The third-order valence-electron chi connectivity index (χ3n) is 5.73. The normalized spacial score (nSPS) is 18.7. The fraction of sp³-hybridized carbons (Fsp3) is 0.250. The first-order chi connectivity index (χ1) is 15.6. The molecule has 0 saturated carbocycles. The Morgan fingerprint density at radius 1 is 1.28 bits per heavy atom. The summed E-state index contributed by atoms with van der Waals surface area (Å²) in [4.78, 5) is 17.3. The second-order valence-corrected chi connectivity index (χ2v) is 8.74. The quantitative estimate of drug-likeness (QED) is 0.484. The molecule has 1 saturated heterocycles. The van der Waals surface area contributed by atoms with Gasteiger partial charge in [-0.3, -0.25) is 4.79 Å². The minimum Gasteiger partial charge on any atom is -0.389 e. The molecular weight excluding hydrogens is 429 g/mol. The first-order valence-corrected chi connectivity index (χ1v) is 11.3. The van der Waals surface area contributed by atoms with Crippen molar-refractivity contribution >= 4 is 28.1 Å². The third-order valence-corrected chi connectivity index (χ3v) is 6.55. The Morgan fingerprint density at radius 2 is 2.12 bits per heavy atom. The Morgan fingerprint density at radius 3 is 2.88 bits per heavy atom. The minimum atomic E-state index is -0.776. The summed E-state index contributed by atoms with van der Waals surface area (Å²) in [6.07, 6.45) is 3.20. The standard InChI is InChI=1S/C24H22FN3O3S/c25-18-2-1-3-20-22(18)17(23(30)27-19-8-10-31-14-21(19)29)13-28(20)12-15-4-6-16(7-5-15)24-26-9-11-32-24/h1-7,9,11,13,19,21,29H,8,10,12,14H2,(H,27,30). The molecule has 3 heterocycles.